The van der Waals surface area contributed by atoms with Crippen molar-refractivity contribution in [2.24, 2.45) is 4.99 Å². The van der Waals surface area contributed by atoms with Crippen LogP contribution in [0.25, 0.3) is 0 Å². The van der Waals surface area contributed by atoms with E-state index in [4.69, 9.17) is 4.74 Å². The zero-order chi connectivity index (χ0) is 13.1. The van der Waals surface area contributed by atoms with Gasteiger partial charge in [-0.1, -0.05) is 0 Å². The molecule has 7 heteroatoms. The number of H-pyrrole nitrogens is 1. The van der Waals surface area contributed by atoms with Crippen LogP contribution < -0.4 is 10.6 Å². The number of aromatic amines is 1. The number of carbonyl (C=O) groups excluding carboxylic acids is 1. The van der Waals surface area contributed by atoms with Crippen molar-refractivity contribution in [1.29, 1.82) is 0 Å². The van der Waals surface area contributed by atoms with Crippen LogP contribution in [0.1, 0.15) is 23.0 Å². The van der Waals surface area contributed by atoms with Crippen molar-refractivity contribution in [1.82, 2.24) is 20.8 Å². The summed E-state index contributed by atoms with van der Waals surface area (Å²) in [6, 6.07) is -0.426. The lowest BCUT2D eigenvalue weighted by Crippen LogP contribution is -2.26. The number of aromatic nitrogens is 2. The Morgan fingerprint density at radius 3 is 2.83 bits per heavy atom. The summed E-state index contributed by atoms with van der Waals surface area (Å²) in [5.74, 6) is 0.376. The Bertz CT molecular complexity index is 460. The van der Waals surface area contributed by atoms with E-state index in [1.165, 1.54) is 0 Å². The molecular weight excluding hydrogens is 234 g/mol. The van der Waals surface area contributed by atoms with E-state index in [1.807, 2.05) is 13.8 Å². The third-order valence-electron chi connectivity index (χ3n) is 2.82. The number of amides is 1. The number of hydrogen-bond donors (Lipinski definition) is 3. The van der Waals surface area contributed by atoms with Crippen LogP contribution in [0.2, 0.25) is 0 Å². The lowest BCUT2D eigenvalue weighted by atomic mass is 10.1. The van der Waals surface area contributed by atoms with Crippen molar-refractivity contribution in [3.05, 3.63) is 17.0 Å². The summed E-state index contributed by atoms with van der Waals surface area (Å²) >= 11 is 0. The number of aliphatic imine (C=N–C) groups is 1. The van der Waals surface area contributed by atoms with Gasteiger partial charge in [0.25, 0.3) is 5.91 Å². The minimum absolute atomic E-state index is 0.112. The van der Waals surface area contributed by atoms with Crippen molar-refractivity contribution in [2.45, 2.75) is 19.9 Å². The second kappa shape index (κ2) is 5.18. The van der Waals surface area contributed by atoms with Crippen LogP contribution in [0.3, 0.4) is 0 Å². The van der Waals surface area contributed by atoms with Crippen LogP contribution in [0.15, 0.2) is 4.99 Å². The van der Waals surface area contributed by atoms with Gasteiger partial charge in [0.05, 0.1) is 18.8 Å². The average Bonchev–Trinajstić information content (AvgIpc) is 2.83. The molecule has 2 heterocycles. The standard InChI is InChI=1S/C11H17N5O2/c1-6-8(7(2)16-15-6)9-10(17)14-11(13-9)12-4-5-18-3/h9H,4-5H2,1-3H3,(H,15,16)(H2,12,13,14,17). The summed E-state index contributed by atoms with van der Waals surface area (Å²) in [6.45, 7) is 4.79. The van der Waals surface area contributed by atoms with E-state index in [1.54, 1.807) is 7.11 Å². The number of rotatable bonds is 4. The highest BCUT2D eigenvalue weighted by atomic mass is 16.5. The molecule has 7 nitrogen and oxygen atoms in total. The maximum Gasteiger partial charge on any atom is 0.254 e. The van der Waals surface area contributed by atoms with Crippen LogP contribution >= 0.6 is 0 Å². The highest BCUT2D eigenvalue weighted by Gasteiger charge is 2.32. The molecule has 0 saturated carbocycles. The van der Waals surface area contributed by atoms with Gasteiger partial charge in [-0.2, -0.15) is 5.10 Å². The van der Waals surface area contributed by atoms with Crippen molar-refractivity contribution < 1.29 is 9.53 Å². The monoisotopic (exact) mass is 251 g/mol. The first kappa shape index (κ1) is 12.6. The lowest BCUT2D eigenvalue weighted by molar-refractivity contribution is -0.120. The Morgan fingerprint density at radius 1 is 1.44 bits per heavy atom. The summed E-state index contributed by atoms with van der Waals surface area (Å²) in [5, 5.41) is 12.7. The second-order valence-electron chi connectivity index (χ2n) is 4.14. The van der Waals surface area contributed by atoms with Gasteiger partial charge in [-0.15, -0.1) is 0 Å². The molecule has 0 aromatic carbocycles. The van der Waals surface area contributed by atoms with E-state index < -0.39 is 6.04 Å². The van der Waals surface area contributed by atoms with Gasteiger partial charge in [-0.3, -0.25) is 20.2 Å². The first-order chi connectivity index (χ1) is 8.63. The molecule has 0 bridgehead atoms. The summed E-state index contributed by atoms with van der Waals surface area (Å²) in [5.41, 5.74) is 2.58. The summed E-state index contributed by atoms with van der Waals surface area (Å²) in [4.78, 5) is 16.1. The quantitative estimate of drug-likeness (QED) is 0.646. The highest BCUT2D eigenvalue weighted by molar-refractivity contribution is 6.06. The number of hydrogen-bond acceptors (Lipinski definition) is 4. The predicted molar refractivity (Wildman–Crippen MR) is 66.3 cm³/mol. The Morgan fingerprint density at radius 2 is 2.22 bits per heavy atom. The second-order valence-corrected chi connectivity index (χ2v) is 4.14. The zero-order valence-electron chi connectivity index (χ0n) is 10.7. The van der Waals surface area contributed by atoms with E-state index in [0.29, 0.717) is 19.1 Å². The fourth-order valence-electron chi connectivity index (χ4n) is 1.95. The van der Waals surface area contributed by atoms with Gasteiger partial charge in [0.15, 0.2) is 5.96 Å². The van der Waals surface area contributed by atoms with Gasteiger partial charge < -0.3 is 10.1 Å². The fraction of sp³-hybridized carbons (Fsp3) is 0.545. The SMILES string of the molecule is COCCN=C1NC(=O)C(c2c(C)n[nH]c2C)N1. The molecule has 3 N–H and O–H groups in total. The normalized spacial score (nSPS) is 21.2. The van der Waals surface area contributed by atoms with E-state index >= 15 is 0 Å². The number of carbonyl (C=O) groups is 1. The van der Waals surface area contributed by atoms with Gasteiger partial charge >= 0.3 is 0 Å². The summed E-state index contributed by atoms with van der Waals surface area (Å²) < 4.78 is 4.90. The molecular formula is C11H17N5O2. The molecule has 1 fully saturated rings. The highest BCUT2D eigenvalue weighted by Crippen LogP contribution is 2.21. The van der Waals surface area contributed by atoms with Crippen LogP contribution in [0.5, 0.6) is 0 Å². The van der Waals surface area contributed by atoms with E-state index in [9.17, 15) is 4.79 Å². The van der Waals surface area contributed by atoms with Crippen molar-refractivity contribution in [3.63, 3.8) is 0 Å². The van der Waals surface area contributed by atoms with E-state index in [2.05, 4.69) is 25.8 Å². The Labute approximate surface area is 105 Å². The molecule has 98 valence electrons. The molecule has 0 aliphatic carbocycles. The molecule has 1 aromatic heterocycles. The third-order valence-corrected chi connectivity index (χ3v) is 2.82. The topological polar surface area (TPSA) is 91.4 Å². The summed E-state index contributed by atoms with van der Waals surface area (Å²) in [6.07, 6.45) is 0. The first-order valence-corrected chi connectivity index (χ1v) is 5.75. The van der Waals surface area contributed by atoms with Gasteiger partial charge in [-0.05, 0) is 13.8 Å². The Balaban J connectivity index is 2.13. The van der Waals surface area contributed by atoms with Crippen LogP contribution in [-0.4, -0.2) is 42.3 Å². The molecule has 1 unspecified atom stereocenters. The van der Waals surface area contributed by atoms with Crippen molar-refractivity contribution >= 4 is 11.9 Å². The number of nitrogens with one attached hydrogen (secondary N) is 3. The number of ether oxygens (including phenoxy) is 1. The molecule has 0 spiro atoms. The smallest absolute Gasteiger partial charge is 0.254 e. The minimum Gasteiger partial charge on any atom is -0.383 e. The fourth-order valence-corrected chi connectivity index (χ4v) is 1.95. The van der Waals surface area contributed by atoms with Gasteiger partial charge in [-0.25, -0.2) is 0 Å². The molecule has 1 aliphatic heterocycles. The van der Waals surface area contributed by atoms with Gasteiger partial charge in [0.1, 0.15) is 6.04 Å². The molecule has 18 heavy (non-hydrogen) atoms. The number of methoxy groups -OCH3 is 1. The number of aryl methyl sites for hydroxylation is 2. The number of nitrogens with zero attached hydrogens (tertiary/aromatic N) is 2. The molecule has 1 atom stereocenters. The minimum atomic E-state index is -0.426. The van der Waals surface area contributed by atoms with E-state index in [0.717, 1.165) is 17.0 Å². The van der Waals surface area contributed by atoms with Crippen LogP contribution in [0.4, 0.5) is 0 Å². The zero-order valence-corrected chi connectivity index (χ0v) is 10.7. The third kappa shape index (κ3) is 2.35. The number of guanidine groups is 1. The molecule has 2 rings (SSSR count). The maximum atomic E-state index is 11.9. The van der Waals surface area contributed by atoms with Crippen molar-refractivity contribution in [2.75, 3.05) is 20.3 Å². The van der Waals surface area contributed by atoms with Crippen molar-refractivity contribution in [3.8, 4) is 0 Å². The molecule has 1 aromatic rings. The molecule has 1 saturated heterocycles. The van der Waals surface area contributed by atoms with Crippen LogP contribution in [0, 0.1) is 13.8 Å². The lowest BCUT2D eigenvalue weighted by Gasteiger charge is -2.07. The average molecular weight is 251 g/mol. The van der Waals surface area contributed by atoms with E-state index in [-0.39, 0.29) is 5.91 Å². The molecule has 0 radical (unpaired) electrons. The largest absolute Gasteiger partial charge is 0.383 e. The van der Waals surface area contributed by atoms with Gasteiger partial charge in [0, 0.05) is 18.4 Å². The molecule has 1 amide bonds. The Kier molecular flexibility index (Phi) is 3.61. The molecule has 1 aliphatic rings. The first-order valence-electron chi connectivity index (χ1n) is 5.75. The van der Waals surface area contributed by atoms with Gasteiger partial charge in [0.2, 0.25) is 0 Å². The summed E-state index contributed by atoms with van der Waals surface area (Å²) in [7, 11) is 1.61. The predicted octanol–water partition coefficient (Wildman–Crippen LogP) is -0.211. The Hall–Kier alpha value is -1.89. The van der Waals surface area contributed by atoms with Crippen LogP contribution in [-0.2, 0) is 9.53 Å². The maximum absolute atomic E-state index is 11.9.